The molecule has 164 valence electrons. The van der Waals surface area contributed by atoms with Gasteiger partial charge >= 0.3 is 0 Å². The standard InChI is InChI=1S/C22H29N7OS/c23-19-3-1-2-4-20(19)27-14-18(22(25)30)21(24)29-16-5-7-17(8-6-16)31-28-13-15-9-11-26-12-10-15/h5-12,14,19-20,27-28H,1-4,13,23H2,(H2,24,29)(H2,25,30)/b18-14+/t19?,20-/m0/s1. The SMILES string of the molecule is NC(=O)/C(=C/N[C@H]1CCCCC1N)C(N)=Nc1ccc(SNCc2ccncc2)cc1. The largest absolute Gasteiger partial charge is 0.386 e. The Labute approximate surface area is 186 Å². The molecule has 1 heterocycles. The van der Waals surface area contributed by atoms with E-state index in [2.05, 4.69) is 20.0 Å². The topological polar surface area (TPSA) is 144 Å². The van der Waals surface area contributed by atoms with Crippen LogP contribution in [0.2, 0.25) is 0 Å². The van der Waals surface area contributed by atoms with Crippen molar-refractivity contribution in [3.8, 4) is 0 Å². The molecule has 1 aromatic carbocycles. The van der Waals surface area contributed by atoms with E-state index in [0.717, 1.165) is 42.7 Å². The molecule has 1 fully saturated rings. The van der Waals surface area contributed by atoms with E-state index in [1.54, 1.807) is 18.6 Å². The van der Waals surface area contributed by atoms with E-state index in [-0.39, 0.29) is 23.5 Å². The van der Waals surface area contributed by atoms with Gasteiger partial charge in [-0.3, -0.25) is 14.5 Å². The normalized spacial score (nSPS) is 19.8. The van der Waals surface area contributed by atoms with Crippen LogP contribution in [-0.2, 0) is 11.3 Å². The minimum atomic E-state index is -0.634. The fourth-order valence-corrected chi connectivity index (χ4v) is 4.00. The summed E-state index contributed by atoms with van der Waals surface area (Å²) in [6, 6.07) is 11.6. The molecule has 1 saturated carbocycles. The first-order valence-corrected chi connectivity index (χ1v) is 11.1. The summed E-state index contributed by atoms with van der Waals surface area (Å²) in [5.74, 6) is -0.564. The number of aliphatic imine (C=N–C) groups is 1. The Morgan fingerprint density at radius 1 is 1.13 bits per heavy atom. The number of hydrogen-bond acceptors (Lipinski definition) is 7. The van der Waals surface area contributed by atoms with Crippen LogP contribution in [0.4, 0.5) is 5.69 Å². The number of nitrogens with zero attached hydrogens (tertiary/aromatic N) is 2. The Morgan fingerprint density at radius 3 is 2.52 bits per heavy atom. The number of amidine groups is 1. The van der Waals surface area contributed by atoms with Gasteiger partial charge in [0.05, 0.1) is 11.3 Å². The fourth-order valence-electron chi connectivity index (χ4n) is 3.32. The average Bonchev–Trinajstić information content (AvgIpc) is 2.77. The molecule has 1 unspecified atom stereocenters. The second kappa shape index (κ2) is 11.5. The van der Waals surface area contributed by atoms with E-state index in [1.165, 1.54) is 11.9 Å². The van der Waals surface area contributed by atoms with Crippen molar-refractivity contribution in [2.24, 2.45) is 22.2 Å². The van der Waals surface area contributed by atoms with Gasteiger partial charge < -0.3 is 22.5 Å². The molecule has 1 amide bonds. The van der Waals surface area contributed by atoms with E-state index in [4.69, 9.17) is 17.2 Å². The highest BCUT2D eigenvalue weighted by Crippen LogP contribution is 2.21. The van der Waals surface area contributed by atoms with Crippen LogP contribution in [0.15, 0.2) is 70.5 Å². The van der Waals surface area contributed by atoms with Crippen molar-refractivity contribution in [2.45, 2.75) is 49.2 Å². The highest BCUT2D eigenvalue weighted by atomic mass is 32.2. The van der Waals surface area contributed by atoms with Crippen LogP contribution in [0, 0.1) is 0 Å². The van der Waals surface area contributed by atoms with Crippen molar-refractivity contribution in [3.05, 3.63) is 66.1 Å². The number of nitrogens with two attached hydrogens (primary N) is 3. The van der Waals surface area contributed by atoms with E-state index >= 15 is 0 Å². The first-order chi connectivity index (χ1) is 15.0. The molecule has 2 atom stereocenters. The van der Waals surface area contributed by atoms with Crippen molar-refractivity contribution in [2.75, 3.05) is 0 Å². The minimum absolute atomic E-state index is 0.0505. The highest BCUT2D eigenvalue weighted by molar-refractivity contribution is 7.97. The van der Waals surface area contributed by atoms with Crippen molar-refractivity contribution in [1.82, 2.24) is 15.0 Å². The van der Waals surface area contributed by atoms with E-state index in [1.807, 2.05) is 36.4 Å². The zero-order valence-corrected chi connectivity index (χ0v) is 18.1. The lowest BCUT2D eigenvalue weighted by molar-refractivity contribution is -0.114. The lowest BCUT2D eigenvalue weighted by atomic mass is 9.91. The summed E-state index contributed by atoms with van der Waals surface area (Å²) in [6.45, 7) is 0.727. The molecule has 31 heavy (non-hydrogen) atoms. The molecule has 1 aromatic heterocycles. The Hall–Kier alpha value is -2.88. The third-order valence-corrected chi connectivity index (χ3v) is 5.90. The van der Waals surface area contributed by atoms with Crippen LogP contribution in [-0.4, -0.2) is 28.8 Å². The highest BCUT2D eigenvalue weighted by Gasteiger charge is 2.21. The smallest absolute Gasteiger partial charge is 0.253 e. The summed E-state index contributed by atoms with van der Waals surface area (Å²) >= 11 is 1.52. The van der Waals surface area contributed by atoms with Gasteiger partial charge in [-0.25, -0.2) is 4.99 Å². The number of aromatic nitrogens is 1. The average molecular weight is 440 g/mol. The number of rotatable bonds is 9. The molecule has 2 aromatic rings. The number of carbonyl (C=O) groups excluding carboxylic acids is 1. The predicted octanol–water partition coefficient (Wildman–Crippen LogP) is 2.10. The summed E-state index contributed by atoms with van der Waals surface area (Å²) < 4.78 is 3.30. The summed E-state index contributed by atoms with van der Waals surface area (Å²) in [6.07, 6.45) is 9.24. The molecule has 8 nitrogen and oxygen atoms in total. The maximum absolute atomic E-state index is 11.9. The summed E-state index contributed by atoms with van der Waals surface area (Å²) in [5.41, 5.74) is 19.7. The summed E-state index contributed by atoms with van der Waals surface area (Å²) in [7, 11) is 0. The summed E-state index contributed by atoms with van der Waals surface area (Å²) in [5, 5.41) is 3.20. The Bertz CT molecular complexity index is 915. The predicted molar refractivity (Wildman–Crippen MR) is 125 cm³/mol. The lowest BCUT2D eigenvalue weighted by Crippen LogP contribution is -2.45. The maximum atomic E-state index is 11.9. The van der Waals surface area contributed by atoms with E-state index in [9.17, 15) is 4.79 Å². The zero-order valence-electron chi connectivity index (χ0n) is 17.3. The molecule has 0 saturated heterocycles. The molecule has 0 bridgehead atoms. The number of benzene rings is 1. The molecule has 9 heteroatoms. The van der Waals surface area contributed by atoms with Gasteiger partial charge in [0.15, 0.2) is 0 Å². The van der Waals surface area contributed by atoms with Gasteiger partial charge in [-0.2, -0.15) is 0 Å². The molecule has 1 aliphatic rings. The number of pyridine rings is 1. The van der Waals surface area contributed by atoms with Crippen molar-refractivity contribution in [3.63, 3.8) is 0 Å². The van der Waals surface area contributed by atoms with Crippen molar-refractivity contribution < 1.29 is 4.79 Å². The van der Waals surface area contributed by atoms with E-state index in [0.29, 0.717) is 5.69 Å². The quantitative estimate of drug-likeness (QED) is 0.174. The van der Waals surface area contributed by atoms with Gasteiger partial charge in [-0.15, -0.1) is 0 Å². The van der Waals surface area contributed by atoms with Crippen LogP contribution in [0.3, 0.4) is 0 Å². The van der Waals surface area contributed by atoms with Crippen molar-refractivity contribution in [1.29, 1.82) is 0 Å². The first kappa shape index (κ1) is 22.8. The van der Waals surface area contributed by atoms with E-state index < -0.39 is 5.91 Å². The Morgan fingerprint density at radius 2 is 1.84 bits per heavy atom. The number of primary amides is 1. The second-order valence-corrected chi connectivity index (χ2v) is 8.38. The number of carbonyl (C=O) groups is 1. The number of nitrogens with one attached hydrogen (secondary N) is 2. The van der Waals surface area contributed by atoms with Crippen LogP contribution < -0.4 is 27.2 Å². The van der Waals surface area contributed by atoms with Gasteiger partial charge in [0.2, 0.25) is 0 Å². The molecule has 0 spiro atoms. The van der Waals surface area contributed by atoms with Gasteiger partial charge in [-0.1, -0.05) is 12.8 Å². The molecule has 1 aliphatic carbocycles. The zero-order chi connectivity index (χ0) is 22.1. The Kier molecular flexibility index (Phi) is 8.45. The molecule has 0 aliphatic heterocycles. The maximum Gasteiger partial charge on any atom is 0.253 e. The molecule has 8 N–H and O–H groups in total. The minimum Gasteiger partial charge on any atom is -0.386 e. The third-order valence-electron chi connectivity index (χ3n) is 5.10. The van der Waals surface area contributed by atoms with Crippen molar-refractivity contribution >= 4 is 29.4 Å². The van der Waals surface area contributed by atoms with Gasteiger partial charge in [-0.05, 0) is 66.8 Å². The fraction of sp³-hybridized carbons (Fsp3) is 0.318. The van der Waals surface area contributed by atoms with Crippen LogP contribution >= 0.6 is 11.9 Å². The second-order valence-electron chi connectivity index (χ2n) is 7.41. The number of amides is 1. The molecule has 3 rings (SSSR count). The van der Waals surface area contributed by atoms with Crippen LogP contribution in [0.1, 0.15) is 31.2 Å². The van der Waals surface area contributed by atoms with Gasteiger partial charge in [0, 0.05) is 42.1 Å². The molecular formula is C22H29N7OS. The number of hydrogen-bond donors (Lipinski definition) is 5. The molecular weight excluding hydrogens is 410 g/mol. The summed E-state index contributed by atoms with van der Waals surface area (Å²) in [4.78, 5) is 21.3. The van der Waals surface area contributed by atoms with Crippen LogP contribution in [0.5, 0.6) is 0 Å². The van der Waals surface area contributed by atoms with Crippen LogP contribution in [0.25, 0.3) is 0 Å². The third kappa shape index (κ3) is 7.09. The lowest BCUT2D eigenvalue weighted by Gasteiger charge is -2.29. The Balaban J connectivity index is 1.59. The van der Waals surface area contributed by atoms with Gasteiger partial charge in [0.25, 0.3) is 5.91 Å². The monoisotopic (exact) mass is 439 g/mol. The first-order valence-electron chi connectivity index (χ1n) is 10.3. The molecule has 0 radical (unpaired) electrons. The van der Waals surface area contributed by atoms with Gasteiger partial charge in [0.1, 0.15) is 5.84 Å².